The number of rotatable bonds is 10. The minimum absolute atomic E-state index is 0.0508. The van der Waals surface area contributed by atoms with Gasteiger partial charge in [0.25, 0.3) is 10.0 Å². The van der Waals surface area contributed by atoms with Crippen molar-refractivity contribution in [3.8, 4) is 0 Å². The molecule has 0 aliphatic rings. The van der Waals surface area contributed by atoms with E-state index in [1.165, 1.54) is 17.0 Å². The molecule has 0 saturated heterocycles. The molecular weight excluding hydrogens is 545 g/mol. The molecule has 7 nitrogen and oxygen atoms in total. The molecule has 0 aromatic heterocycles. The van der Waals surface area contributed by atoms with Gasteiger partial charge in [-0.2, -0.15) is 0 Å². The maximum Gasteiger partial charge on any atom is 0.264 e. The molecule has 3 aromatic rings. The Morgan fingerprint density at radius 3 is 2.11 bits per heavy atom. The fourth-order valence-corrected chi connectivity index (χ4v) is 5.83. The van der Waals surface area contributed by atoms with E-state index in [0.717, 1.165) is 15.4 Å². The maximum atomic E-state index is 13.9. The van der Waals surface area contributed by atoms with Gasteiger partial charge >= 0.3 is 0 Å². The first kappa shape index (κ1) is 29.5. The molecule has 0 unspecified atom stereocenters. The van der Waals surface area contributed by atoms with Crippen LogP contribution in [0.25, 0.3) is 0 Å². The van der Waals surface area contributed by atoms with Gasteiger partial charge in [0.1, 0.15) is 12.6 Å². The molecular formula is C28H31Cl2N3O4S. The van der Waals surface area contributed by atoms with Gasteiger partial charge in [-0.1, -0.05) is 59.1 Å². The summed E-state index contributed by atoms with van der Waals surface area (Å²) in [5.74, 6) is -0.968. The highest BCUT2D eigenvalue weighted by atomic mass is 35.5. The lowest BCUT2D eigenvalue weighted by Gasteiger charge is -2.32. The van der Waals surface area contributed by atoms with Crippen LogP contribution >= 0.6 is 23.2 Å². The molecule has 0 heterocycles. The van der Waals surface area contributed by atoms with Gasteiger partial charge in [-0.25, -0.2) is 8.42 Å². The summed E-state index contributed by atoms with van der Waals surface area (Å²) in [6, 6.07) is 17.4. The molecule has 0 bridgehead atoms. The molecule has 0 saturated carbocycles. The Labute approximate surface area is 234 Å². The highest BCUT2D eigenvalue weighted by Crippen LogP contribution is 2.28. The van der Waals surface area contributed by atoms with Crippen molar-refractivity contribution in [2.45, 2.75) is 45.2 Å². The molecule has 0 fully saturated rings. The molecule has 1 N–H and O–H groups in total. The lowest BCUT2D eigenvalue weighted by atomic mass is 10.1. The highest BCUT2D eigenvalue weighted by molar-refractivity contribution is 7.92. The van der Waals surface area contributed by atoms with Gasteiger partial charge in [0.2, 0.25) is 11.8 Å². The largest absolute Gasteiger partial charge is 0.355 e. The molecule has 38 heavy (non-hydrogen) atoms. The number of amides is 2. The SMILES string of the molecule is CCNC(=O)[C@@H](C)N(Cc1c(Cl)cccc1Cl)C(=O)CN(c1cccc(C)c1)S(=O)(=O)c1ccc(C)cc1. The van der Waals surface area contributed by atoms with E-state index in [1.807, 2.05) is 19.9 Å². The number of halogens is 2. The van der Waals surface area contributed by atoms with Gasteiger partial charge in [0.05, 0.1) is 10.6 Å². The van der Waals surface area contributed by atoms with Gasteiger partial charge in [0.15, 0.2) is 0 Å². The molecule has 3 aromatic carbocycles. The third-order valence-electron chi connectivity index (χ3n) is 6.09. The summed E-state index contributed by atoms with van der Waals surface area (Å²) >= 11 is 12.8. The number of carbonyl (C=O) groups is 2. The highest BCUT2D eigenvalue weighted by Gasteiger charge is 2.33. The van der Waals surface area contributed by atoms with Gasteiger partial charge in [-0.05, 0) is 69.7 Å². The third-order valence-corrected chi connectivity index (χ3v) is 8.58. The van der Waals surface area contributed by atoms with Crippen molar-refractivity contribution in [2.24, 2.45) is 0 Å². The van der Waals surface area contributed by atoms with Crippen molar-refractivity contribution in [2.75, 3.05) is 17.4 Å². The lowest BCUT2D eigenvalue weighted by Crippen LogP contribution is -2.51. The second-order valence-corrected chi connectivity index (χ2v) is 11.6. The van der Waals surface area contributed by atoms with Crippen LogP contribution in [0, 0.1) is 13.8 Å². The summed E-state index contributed by atoms with van der Waals surface area (Å²) in [7, 11) is -4.13. The van der Waals surface area contributed by atoms with Crippen LogP contribution in [0.1, 0.15) is 30.5 Å². The Kier molecular flexibility index (Phi) is 9.82. The summed E-state index contributed by atoms with van der Waals surface area (Å²) in [5, 5.41) is 3.39. The minimum Gasteiger partial charge on any atom is -0.355 e. The van der Waals surface area contributed by atoms with Gasteiger partial charge < -0.3 is 10.2 Å². The quantitative estimate of drug-likeness (QED) is 0.352. The van der Waals surface area contributed by atoms with Gasteiger partial charge in [0, 0.05) is 28.7 Å². The van der Waals surface area contributed by atoms with Crippen LogP contribution in [0.2, 0.25) is 10.0 Å². The van der Waals surface area contributed by atoms with Crippen LogP contribution in [-0.4, -0.2) is 44.3 Å². The fraction of sp³-hybridized carbons (Fsp3) is 0.286. The predicted octanol–water partition coefficient (Wildman–Crippen LogP) is 5.36. The zero-order valence-electron chi connectivity index (χ0n) is 21.7. The van der Waals surface area contributed by atoms with Crippen LogP contribution in [-0.2, 0) is 26.2 Å². The van der Waals surface area contributed by atoms with E-state index in [0.29, 0.717) is 27.8 Å². The standard InChI is InChI=1S/C28H31Cl2N3O4S/c1-5-31-28(35)21(4)32(17-24-25(29)10-7-11-26(24)30)27(34)18-33(22-9-6-8-20(3)16-22)38(36,37)23-14-12-19(2)13-15-23/h6-16,21H,5,17-18H2,1-4H3,(H,31,35)/t21-/m1/s1. The summed E-state index contributed by atoms with van der Waals surface area (Å²) in [6.45, 7) is 6.81. The molecule has 0 aliphatic heterocycles. The summed E-state index contributed by atoms with van der Waals surface area (Å²) in [6.07, 6.45) is 0. The number of carbonyl (C=O) groups excluding carboxylic acids is 2. The maximum absolute atomic E-state index is 13.9. The van der Waals surface area contributed by atoms with Crippen molar-refractivity contribution < 1.29 is 18.0 Å². The number of nitrogens with zero attached hydrogens (tertiary/aromatic N) is 2. The Hall–Kier alpha value is -3.07. The van der Waals surface area contributed by atoms with E-state index >= 15 is 0 Å². The molecule has 3 rings (SSSR count). The van der Waals surface area contributed by atoms with Gasteiger partial charge in [-0.3, -0.25) is 13.9 Å². The van der Waals surface area contributed by atoms with E-state index in [-0.39, 0.29) is 17.3 Å². The first-order valence-electron chi connectivity index (χ1n) is 12.1. The Morgan fingerprint density at radius 1 is 0.921 bits per heavy atom. The van der Waals surface area contributed by atoms with E-state index in [4.69, 9.17) is 23.2 Å². The number of anilines is 1. The Morgan fingerprint density at radius 2 is 1.53 bits per heavy atom. The average molecular weight is 577 g/mol. The second kappa shape index (κ2) is 12.7. The monoisotopic (exact) mass is 575 g/mol. The summed E-state index contributed by atoms with van der Waals surface area (Å²) in [4.78, 5) is 28.0. The predicted molar refractivity (Wildman–Crippen MR) is 152 cm³/mol. The normalized spacial score (nSPS) is 12.1. The van der Waals surface area contributed by atoms with E-state index in [2.05, 4.69) is 5.32 Å². The smallest absolute Gasteiger partial charge is 0.264 e. The van der Waals surface area contributed by atoms with Crippen LogP contribution in [0.4, 0.5) is 5.69 Å². The molecule has 10 heteroatoms. The van der Waals surface area contributed by atoms with Gasteiger partial charge in [-0.15, -0.1) is 0 Å². The van der Waals surface area contributed by atoms with Crippen molar-refractivity contribution in [1.29, 1.82) is 0 Å². The first-order chi connectivity index (χ1) is 17.9. The summed E-state index contributed by atoms with van der Waals surface area (Å²) < 4.78 is 28.7. The Bertz CT molecular complexity index is 1390. The van der Waals surface area contributed by atoms with E-state index < -0.39 is 28.5 Å². The van der Waals surface area contributed by atoms with Crippen LogP contribution < -0.4 is 9.62 Å². The zero-order chi connectivity index (χ0) is 28.0. The number of hydrogen-bond acceptors (Lipinski definition) is 4. The zero-order valence-corrected chi connectivity index (χ0v) is 24.1. The number of nitrogens with one attached hydrogen (secondary N) is 1. The molecule has 0 radical (unpaired) electrons. The molecule has 2 amide bonds. The lowest BCUT2D eigenvalue weighted by molar-refractivity contribution is -0.139. The third kappa shape index (κ3) is 6.87. The number of aryl methyl sites for hydroxylation is 2. The van der Waals surface area contributed by atoms with Crippen molar-refractivity contribution in [3.63, 3.8) is 0 Å². The van der Waals surface area contributed by atoms with E-state index in [9.17, 15) is 18.0 Å². The molecule has 0 spiro atoms. The van der Waals surface area contributed by atoms with Crippen molar-refractivity contribution in [3.05, 3.63) is 93.5 Å². The summed E-state index contributed by atoms with van der Waals surface area (Å²) in [5.41, 5.74) is 2.53. The van der Waals surface area contributed by atoms with Crippen molar-refractivity contribution >= 4 is 50.7 Å². The number of hydrogen-bond donors (Lipinski definition) is 1. The average Bonchev–Trinajstić information content (AvgIpc) is 2.87. The molecule has 1 atom stereocenters. The molecule has 0 aliphatic carbocycles. The van der Waals surface area contributed by atoms with Crippen LogP contribution in [0.5, 0.6) is 0 Å². The number of sulfonamides is 1. The molecule has 202 valence electrons. The first-order valence-corrected chi connectivity index (χ1v) is 14.3. The van der Waals surface area contributed by atoms with Crippen LogP contribution in [0.3, 0.4) is 0 Å². The van der Waals surface area contributed by atoms with Crippen LogP contribution in [0.15, 0.2) is 71.6 Å². The van der Waals surface area contributed by atoms with E-state index in [1.54, 1.807) is 62.4 Å². The fourth-order valence-electron chi connectivity index (χ4n) is 3.91. The topological polar surface area (TPSA) is 86.8 Å². The Balaban J connectivity index is 2.07. The van der Waals surface area contributed by atoms with Crippen molar-refractivity contribution in [1.82, 2.24) is 10.2 Å². The number of benzene rings is 3. The minimum atomic E-state index is -4.13. The second-order valence-electron chi connectivity index (χ2n) is 8.96. The number of likely N-dealkylation sites (N-methyl/N-ethyl adjacent to an activating group) is 1.